The summed E-state index contributed by atoms with van der Waals surface area (Å²) in [5.41, 5.74) is -6.28. The van der Waals surface area contributed by atoms with Crippen LogP contribution in [-0.2, 0) is 17.0 Å². The van der Waals surface area contributed by atoms with Crippen molar-refractivity contribution in [1.82, 2.24) is 0 Å². The number of hydrogen-bond donors (Lipinski definition) is 0. The van der Waals surface area contributed by atoms with Crippen LogP contribution in [0.5, 0.6) is 0 Å². The number of halogens is 10. The zero-order chi connectivity index (χ0) is 19.8. The first-order valence-corrected chi connectivity index (χ1v) is 6.77. The standard InChI is InChI=1S/C14H11F10O/c1-2-4-9(25)10-7(11(15,16)13(19,20)21)5-3-6-8(10)12(17,18)14(22,23)24/h3,5-6,9H,2,4H2,1H3. The van der Waals surface area contributed by atoms with Crippen LogP contribution in [0, 0.1) is 0 Å². The topological polar surface area (TPSA) is 19.9 Å². The van der Waals surface area contributed by atoms with E-state index in [1.807, 2.05) is 0 Å². The van der Waals surface area contributed by atoms with Gasteiger partial charge in [0.2, 0.25) is 0 Å². The monoisotopic (exact) mass is 385 g/mol. The van der Waals surface area contributed by atoms with Gasteiger partial charge in [0, 0.05) is 16.7 Å². The Morgan fingerprint density at radius 3 is 1.44 bits per heavy atom. The summed E-state index contributed by atoms with van der Waals surface area (Å²) in [5, 5.41) is 11.9. The van der Waals surface area contributed by atoms with Crippen molar-refractivity contribution in [3.63, 3.8) is 0 Å². The molecule has 0 bridgehead atoms. The summed E-state index contributed by atoms with van der Waals surface area (Å²) in [5.74, 6) is -11.5. The van der Waals surface area contributed by atoms with E-state index < -0.39 is 53.4 Å². The van der Waals surface area contributed by atoms with Gasteiger partial charge in [-0.1, -0.05) is 31.5 Å². The second kappa shape index (κ2) is 6.65. The first-order valence-electron chi connectivity index (χ1n) is 6.77. The molecule has 0 saturated heterocycles. The minimum atomic E-state index is -6.28. The lowest BCUT2D eigenvalue weighted by atomic mass is 9.87. The van der Waals surface area contributed by atoms with Gasteiger partial charge in [-0.05, 0) is 6.42 Å². The first-order chi connectivity index (χ1) is 11.1. The van der Waals surface area contributed by atoms with Crippen LogP contribution >= 0.6 is 0 Å². The Kier molecular flexibility index (Phi) is 5.73. The predicted octanol–water partition coefficient (Wildman–Crippen LogP) is 6.27. The average Bonchev–Trinajstić information content (AvgIpc) is 2.44. The molecule has 1 nitrogen and oxygen atoms in total. The third-order valence-electron chi connectivity index (χ3n) is 3.37. The summed E-state index contributed by atoms with van der Waals surface area (Å²) in [7, 11) is 0. The van der Waals surface area contributed by atoms with E-state index in [9.17, 15) is 49.0 Å². The maximum absolute atomic E-state index is 13.6. The summed E-state index contributed by atoms with van der Waals surface area (Å²) in [6, 6.07) is 0.255. The Morgan fingerprint density at radius 1 is 0.800 bits per heavy atom. The van der Waals surface area contributed by atoms with Gasteiger partial charge < -0.3 is 0 Å². The third-order valence-corrected chi connectivity index (χ3v) is 3.37. The number of rotatable bonds is 5. The lowest BCUT2D eigenvalue weighted by molar-refractivity contribution is -0.293. The van der Waals surface area contributed by atoms with E-state index in [1.54, 1.807) is 0 Å². The van der Waals surface area contributed by atoms with Crippen LogP contribution in [0.2, 0.25) is 0 Å². The van der Waals surface area contributed by atoms with Crippen LogP contribution in [0.25, 0.3) is 0 Å². The molecule has 1 aromatic rings. The van der Waals surface area contributed by atoms with Crippen molar-refractivity contribution in [1.29, 1.82) is 0 Å². The van der Waals surface area contributed by atoms with E-state index in [0.29, 0.717) is 0 Å². The lowest BCUT2D eigenvalue weighted by Crippen LogP contribution is -2.38. The summed E-state index contributed by atoms with van der Waals surface area (Å²) in [4.78, 5) is 0. The van der Waals surface area contributed by atoms with Gasteiger partial charge in [0.25, 0.3) is 0 Å². The molecule has 0 fully saturated rings. The normalized spacial score (nSPS) is 15.4. The van der Waals surface area contributed by atoms with Crippen molar-refractivity contribution >= 4 is 0 Å². The van der Waals surface area contributed by atoms with Crippen molar-refractivity contribution in [3.8, 4) is 0 Å². The van der Waals surface area contributed by atoms with Gasteiger partial charge in [0.15, 0.2) is 0 Å². The van der Waals surface area contributed by atoms with Crippen LogP contribution in [0.15, 0.2) is 18.2 Å². The van der Waals surface area contributed by atoms with Crippen molar-refractivity contribution in [2.45, 2.75) is 50.1 Å². The summed E-state index contributed by atoms with van der Waals surface area (Å²) in [6.07, 6.45) is -16.0. The Balaban J connectivity index is 3.81. The highest BCUT2D eigenvalue weighted by molar-refractivity contribution is 5.43. The molecule has 0 spiro atoms. The smallest absolute Gasteiger partial charge is 0.228 e. The third kappa shape index (κ3) is 3.85. The molecule has 0 saturated carbocycles. The molecule has 25 heavy (non-hydrogen) atoms. The van der Waals surface area contributed by atoms with Gasteiger partial charge in [-0.2, -0.15) is 43.9 Å². The number of hydrogen-bond acceptors (Lipinski definition) is 0. The van der Waals surface area contributed by atoms with Gasteiger partial charge in [0.1, 0.15) is 6.10 Å². The highest BCUT2D eigenvalue weighted by Crippen LogP contribution is 2.52. The highest BCUT2D eigenvalue weighted by Gasteiger charge is 2.63. The molecule has 0 aliphatic heterocycles. The lowest BCUT2D eigenvalue weighted by Gasteiger charge is -2.29. The molecule has 0 aliphatic rings. The summed E-state index contributed by atoms with van der Waals surface area (Å²) < 4.78 is 130. The van der Waals surface area contributed by atoms with E-state index in [0.717, 1.165) is 0 Å². The maximum Gasteiger partial charge on any atom is 0.458 e. The largest absolute Gasteiger partial charge is 0.458 e. The Labute approximate surface area is 135 Å². The zero-order valence-corrected chi connectivity index (χ0v) is 12.4. The molecule has 0 aliphatic carbocycles. The fourth-order valence-corrected chi connectivity index (χ4v) is 2.17. The van der Waals surface area contributed by atoms with Crippen molar-refractivity contribution in [2.75, 3.05) is 0 Å². The molecule has 1 radical (unpaired) electrons. The summed E-state index contributed by atoms with van der Waals surface area (Å²) in [6.45, 7) is 1.29. The highest BCUT2D eigenvalue weighted by atomic mass is 19.4. The quantitative estimate of drug-likeness (QED) is 0.533. The van der Waals surface area contributed by atoms with Gasteiger partial charge in [0.05, 0.1) is 0 Å². The van der Waals surface area contributed by atoms with Crippen LogP contribution in [0.1, 0.15) is 42.6 Å². The average molecular weight is 385 g/mol. The van der Waals surface area contributed by atoms with Crippen LogP contribution in [-0.4, -0.2) is 12.4 Å². The van der Waals surface area contributed by atoms with Gasteiger partial charge in [-0.3, -0.25) is 0 Å². The van der Waals surface area contributed by atoms with Crippen molar-refractivity contribution in [3.05, 3.63) is 34.9 Å². The van der Waals surface area contributed by atoms with E-state index in [1.165, 1.54) is 6.92 Å². The minimum Gasteiger partial charge on any atom is -0.228 e. The van der Waals surface area contributed by atoms with Gasteiger partial charge in [-0.15, -0.1) is 0 Å². The van der Waals surface area contributed by atoms with Gasteiger partial charge in [-0.25, -0.2) is 5.11 Å². The predicted molar refractivity (Wildman–Crippen MR) is 64.7 cm³/mol. The summed E-state index contributed by atoms with van der Waals surface area (Å²) >= 11 is 0. The molecule has 1 aromatic carbocycles. The van der Waals surface area contributed by atoms with Gasteiger partial charge >= 0.3 is 24.2 Å². The van der Waals surface area contributed by atoms with Crippen molar-refractivity contribution < 1.29 is 49.0 Å². The molecule has 0 aromatic heterocycles. The Morgan fingerprint density at radius 2 is 1.16 bits per heavy atom. The molecular weight excluding hydrogens is 374 g/mol. The molecule has 1 unspecified atom stereocenters. The Hall–Kier alpha value is -1.52. The second-order valence-corrected chi connectivity index (χ2v) is 5.19. The van der Waals surface area contributed by atoms with E-state index in [4.69, 9.17) is 0 Å². The SMILES string of the molecule is CCCC([O])c1c(C(F)(F)C(F)(F)F)cccc1C(F)(F)C(F)(F)F. The molecule has 143 valence electrons. The van der Waals surface area contributed by atoms with Crippen molar-refractivity contribution in [2.24, 2.45) is 0 Å². The molecule has 0 heterocycles. The van der Waals surface area contributed by atoms with Crippen LogP contribution in [0.4, 0.5) is 43.9 Å². The molecule has 1 rings (SSSR count). The van der Waals surface area contributed by atoms with E-state index in [-0.39, 0.29) is 24.6 Å². The fraction of sp³-hybridized carbons (Fsp3) is 0.571. The molecule has 0 N–H and O–H groups in total. The maximum atomic E-state index is 13.6. The molecular formula is C14H11F10O. The Bertz CT molecular complexity index is 558. The second-order valence-electron chi connectivity index (χ2n) is 5.19. The van der Waals surface area contributed by atoms with Crippen LogP contribution < -0.4 is 0 Å². The molecule has 1 atom stereocenters. The first kappa shape index (κ1) is 21.5. The molecule has 11 heteroatoms. The number of benzene rings is 1. The zero-order valence-electron chi connectivity index (χ0n) is 12.4. The van der Waals surface area contributed by atoms with E-state index in [2.05, 4.69) is 0 Å². The molecule has 0 amide bonds. The minimum absolute atomic E-state index is 0.0271. The number of alkyl halides is 10. The fourth-order valence-electron chi connectivity index (χ4n) is 2.17. The van der Waals surface area contributed by atoms with E-state index >= 15 is 0 Å². The van der Waals surface area contributed by atoms with Crippen LogP contribution in [0.3, 0.4) is 0 Å².